The standard InChI is InChI=1S/C11H10N6OS/c12-10-4-14-17(16-10)5-11(18)15-7-1-2-9-8(3-7)13-6-19-9/h1-4,6H,5H2,(H2,12,16)(H,15,18). The molecule has 0 radical (unpaired) electrons. The van der Waals surface area contributed by atoms with Crippen LogP contribution in [0.2, 0.25) is 0 Å². The van der Waals surface area contributed by atoms with Crippen LogP contribution < -0.4 is 11.1 Å². The van der Waals surface area contributed by atoms with E-state index in [1.165, 1.54) is 11.0 Å². The monoisotopic (exact) mass is 274 g/mol. The first kappa shape index (κ1) is 11.6. The highest BCUT2D eigenvalue weighted by molar-refractivity contribution is 7.16. The number of carbonyl (C=O) groups excluding carboxylic acids is 1. The molecule has 1 aromatic carbocycles. The zero-order valence-corrected chi connectivity index (χ0v) is 10.6. The molecule has 3 aromatic rings. The van der Waals surface area contributed by atoms with Gasteiger partial charge < -0.3 is 11.1 Å². The highest BCUT2D eigenvalue weighted by Gasteiger charge is 2.06. The number of hydrogen-bond acceptors (Lipinski definition) is 6. The van der Waals surface area contributed by atoms with Crippen LogP contribution in [0.5, 0.6) is 0 Å². The topological polar surface area (TPSA) is 98.7 Å². The second kappa shape index (κ2) is 4.65. The summed E-state index contributed by atoms with van der Waals surface area (Å²) in [7, 11) is 0. The summed E-state index contributed by atoms with van der Waals surface area (Å²) in [6.07, 6.45) is 1.40. The molecule has 3 rings (SSSR count). The van der Waals surface area contributed by atoms with Crippen molar-refractivity contribution in [1.29, 1.82) is 0 Å². The molecule has 8 heteroatoms. The van der Waals surface area contributed by atoms with Crippen LogP contribution in [0.3, 0.4) is 0 Å². The number of rotatable bonds is 3. The van der Waals surface area contributed by atoms with Gasteiger partial charge in [-0.3, -0.25) is 4.79 Å². The van der Waals surface area contributed by atoms with E-state index in [0.29, 0.717) is 5.69 Å². The maximum absolute atomic E-state index is 11.8. The van der Waals surface area contributed by atoms with Crippen molar-refractivity contribution in [2.45, 2.75) is 6.54 Å². The van der Waals surface area contributed by atoms with E-state index in [2.05, 4.69) is 20.5 Å². The average Bonchev–Trinajstić information content (AvgIpc) is 2.97. The fourth-order valence-corrected chi connectivity index (χ4v) is 2.31. The lowest BCUT2D eigenvalue weighted by atomic mass is 10.3. The second-order valence-electron chi connectivity index (χ2n) is 3.88. The lowest BCUT2D eigenvalue weighted by Gasteiger charge is -2.04. The molecule has 0 spiro atoms. The fraction of sp³-hybridized carbons (Fsp3) is 0.0909. The van der Waals surface area contributed by atoms with Gasteiger partial charge in [0.2, 0.25) is 5.91 Å². The van der Waals surface area contributed by atoms with Crippen LogP contribution in [0, 0.1) is 0 Å². The molecule has 0 unspecified atom stereocenters. The first-order valence-electron chi connectivity index (χ1n) is 5.49. The Morgan fingerprint density at radius 2 is 2.37 bits per heavy atom. The number of anilines is 2. The molecule has 0 fully saturated rings. The summed E-state index contributed by atoms with van der Waals surface area (Å²) in [5.41, 5.74) is 8.76. The molecule has 96 valence electrons. The third kappa shape index (κ3) is 2.52. The van der Waals surface area contributed by atoms with Gasteiger partial charge in [-0.1, -0.05) is 0 Å². The van der Waals surface area contributed by atoms with Gasteiger partial charge in [0, 0.05) is 5.69 Å². The zero-order chi connectivity index (χ0) is 13.2. The maximum atomic E-state index is 11.8. The predicted octanol–water partition coefficient (Wildman–Crippen LogP) is 1.11. The number of carbonyl (C=O) groups is 1. The molecule has 0 saturated carbocycles. The third-order valence-electron chi connectivity index (χ3n) is 2.45. The Balaban J connectivity index is 1.71. The van der Waals surface area contributed by atoms with Crippen LogP contribution in [0.25, 0.3) is 10.2 Å². The molecule has 0 aliphatic carbocycles. The number of hydrogen-bond donors (Lipinski definition) is 2. The van der Waals surface area contributed by atoms with E-state index in [4.69, 9.17) is 5.73 Å². The molecule has 0 bridgehead atoms. The molecule has 0 aliphatic heterocycles. The van der Waals surface area contributed by atoms with Crippen molar-refractivity contribution in [2.75, 3.05) is 11.1 Å². The van der Waals surface area contributed by atoms with Gasteiger partial charge in [0.25, 0.3) is 0 Å². The normalized spacial score (nSPS) is 10.7. The van der Waals surface area contributed by atoms with Crippen molar-refractivity contribution in [3.8, 4) is 0 Å². The lowest BCUT2D eigenvalue weighted by Crippen LogP contribution is -2.20. The summed E-state index contributed by atoms with van der Waals surface area (Å²) in [4.78, 5) is 17.2. The van der Waals surface area contributed by atoms with Gasteiger partial charge in [-0.2, -0.15) is 9.90 Å². The molecular formula is C11H10N6OS. The lowest BCUT2D eigenvalue weighted by molar-refractivity contribution is -0.117. The Hall–Kier alpha value is -2.48. The van der Waals surface area contributed by atoms with E-state index in [1.54, 1.807) is 16.8 Å². The smallest absolute Gasteiger partial charge is 0.247 e. The SMILES string of the molecule is Nc1cnn(CC(=O)Nc2ccc3scnc3c2)n1. The molecule has 0 saturated heterocycles. The van der Waals surface area contributed by atoms with Gasteiger partial charge in [-0.15, -0.1) is 16.4 Å². The quantitative estimate of drug-likeness (QED) is 0.745. The Morgan fingerprint density at radius 1 is 1.47 bits per heavy atom. The molecule has 0 atom stereocenters. The van der Waals surface area contributed by atoms with Gasteiger partial charge in [0.1, 0.15) is 6.54 Å². The molecule has 2 heterocycles. The second-order valence-corrected chi connectivity index (χ2v) is 4.77. The number of thiazole rings is 1. The van der Waals surface area contributed by atoms with Crippen LogP contribution in [0.4, 0.5) is 11.5 Å². The maximum Gasteiger partial charge on any atom is 0.247 e. The number of nitrogen functional groups attached to an aromatic ring is 1. The zero-order valence-electron chi connectivity index (χ0n) is 9.78. The Kier molecular flexibility index (Phi) is 2.84. The number of nitrogens with two attached hydrogens (primary N) is 1. The van der Waals surface area contributed by atoms with E-state index in [-0.39, 0.29) is 18.3 Å². The first-order chi connectivity index (χ1) is 9.20. The van der Waals surface area contributed by atoms with Crippen molar-refractivity contribution < 1.29 is 4.79 Å². The van der Waals surface area contributed by atoms with Gasteiger partial charge in [0.05, 0.1) is 21.9 Å². The van der Waals surface area contributed by atoms with Crippen molar-refractivity contribution in [3.05, 3.63) is 29.9 Å². The van der Waals surface area contributed by atoms with Gasteiger partial charge in [-0.25, -0.2) is 4.98 Å². The number of benzene rings is 1. The minimum atomic E-state index is -0.217. The minimum absolute atomic E-state index is 0.0201. The van der Waals surface area contributed by atoms with E-state index < -0.39 is 0 Å². The molecule has 1 amide bonds. The van der Waals surface area contributed by atoms with Crippen LogP contribution in [0.15, 0.2) is 29.9 Å². The summed E-state index contributed by atoms with van der Waals surface area (Å²) in [5, 5.41) is 10.5. The average molecular weight is 274 g/mol. The number of nitrogens with one attached hydrogen (secondary N) is 1. The van der Waals surface area contributed by atoms with Crippen molar-refractivity contribution in [2.24, 2.45) is 0 Å². The van der Waals surface area contributed by atoms with E-state index in [1.807, 2.05) is 18.2 Å². The molecule has 2 aromatic heterocycles. The summed E-state index contributed by atoms with van der Waals surface area (Å²) >= 11 is 1.56. The van der Waals surface area contributed by atoms with Crippen LogP contribution >= 0.6 is 11.3 Å². The Morgan fingerprint density at radius 3 is 3.16 bits per heavy atom. The minimum Gasteiger partial charge on any atom is -0.381 e. The molecule has 0 aliphatic rings. The number of fused-ring (bicyclic) bond motifs is 1. The fourth-order valence-electron chi connectivity index (χ4n) is 1.65. The van der Waals surface area contributed by atoms with Gasteiger partial charge >= 0.3 is 0 Å². The van der Waals surface area contributed by atoms with E-state index in [0.717, 1.165) is 10.2 Å². The summed E-state index contributed by atoms with van der Waals surface area (Å²) < 4.78 is 1.08. The van der Waals surface area contributed by atoms with Gasteiger partial charge in [-0.05, 0) is 18.2 Å². The van der Waals surface area contributed by atoms with Crippen LogP contribution in [-0.4, -0.2) is 25.9 Å². The molecular weight excluding hydrogens is 264 g/mol. The van der Waals surface area contributed by atoms with Crippen molar-refractivity contribution in [1.82, 2.24) is 20.0 Å². The highest BCUT2D eigenvalue weighted by Crippen LogP contribution is 2.21. The summed E-state index contributed by atoms with van der Waals surface area (Å²) in [5.74, 6) is 0.0712. The Bertz CT molecular complexity index is 733. The highest BCUT2D eigenvalue weighted by atomic mass is 32.1. The van der Waals surface area contributed by atoms with E-state index >= 15 is 0 Å². The number of nitrogens with zero attached hydrogens (tertiary/aromatic N) is 4. The number of aromatic nitrogens is 4. The summed E-state index contributed by atoms with van der Waals surface area (Å²) in [6.45, 7) is 0.0201. The summed E-state index contributed by atoms with van der Waals surface area (Å²) in [6, 6.07) is 5.59. The van der Waals surface area contributed by atoms with Gasteiger partial charge in [0.15, 0.2) is 5.82 Å². The van der Waals surface area contributed by atoms with Crippen LogP contribution in [-0.2, 0) is 11.3 Å². The van der Waals surface area contributed by atoms with E-state index in [9.17, 15) is 4.79 Å². The third-order valence-corrected chi connectivity index (χ3v) is 3.26. The molecule has 3 N–H and O–H groups in total. The number of amides is 1. The molecule has 19 heavy (non-hydrogen) atoms. The first-order valence-corrected chi connectivity index (χ1v) is 6.37. The van der Waals surface area contributed by atoms with Crippen LogP contribution in [0.1, 0.15) is 0 Å². The van der Waals surface area contributed by atoms with Crippen molar-refractivity contribution >= 4 is 39.0 Å². The largest absolute Gasteiger partial charge is 0.381 e. The predicted molar refractivity (Wildman–Crippen MR) is 72.7 cm³/mol. The molecule has 7 nitrogen and oxygen atoms in total. The van der Waals surface area contributed by atoms with Crippen molar-refractivity contribution in [3.63, 3.8) is 0 Å². The Labute approximate surface area is 112 Å².